The number of carboxylic acid groups (broad SMARTS) is 1. The van der Waals surface area contributed by atoms with Crippen molar-refractivity contribution >= 4 is 33.6 Å². The number of aliphatic carboxylic acids is 1. The molecule has 1 aromatic rings. The number of amides is 2. The number of carbonyl (C=O) groups is 2. The van der Waals surface area contributed by atoms with Crippen LogP contribution in [0.25, 0.3) is 0 Å². The van der Waals surface area contributed by atoms with E-state index in [1.54, 1.807) is 13.0 Å². The molecule has 0 bridgehead atoms. The quantitative estimate of drug-likeness (QED) is 0.691. The lowest BCUT2D eigenvalue weighted by Gasteiger charge is -2.10. The molecule has 0 saturated carbocycles. The highest BCUT2D eigenvalue weighted by molar-refractivity contribution is 9.10. The maximum atomic E-state index is 13.4. The van der Waals surface area contributed by atoms with Gasteiger partial charge in [-0.1, -0.05) is 0 Å². The van der Waals surface area contributed by atoms with Crippen molar-refractivity contribution in [3.63, 3.8) is 0 Å². The van der Waals surface area contributed by atoms with Gasteiger partial charge in [-0.15, -0.1) is 0 Å². The Bertz CT molecular complexity index is 509. The van der Waals surface area contributed by atoms with Crippen LogP contribution in [0.4, 0.5) is 14.9 Å². The first-order chi connectivity index (χ1) is 9.40. The minimum atomic E-state index is -0.851. The van der Waals surface area contributed by atoms with Crippen molar-refractivity contribution in [2.75, 3.05) is 11.9 Å². The SMILES string of the molecule is Cc1cc(Br)c(F)cc1NC(=O)NCCCCC(=O)O. The summed E-state index contributed by atoms with van der Waals surface area (Å²) >= 11 is 3.07. The number of unbranched alkanes of at least 4 members (excludes halogenated alkanes) is 1. The first kappa shape index (κ1) is 16.4. The second-order valence-electron chi connectivity index (χ2n) is 4.31. The van der Waals surface area contributed by atoms with E-state index in [9.17, 15) is 14.0 Å². The second-order valence-corrected chi connectivity index (χ2v) is 5.17. The highest BCUT2D eigenvalue weighted by Gasteiger charge is 2.08. The Balaban J connectivity index is 2.39. The van der Waals surface area contributed by atoms with Crippen LogP contribution < -0.4 is 10.6 Å². The topological polar surface area (TPSA) is 78.4 Å². The molecule has 3 N–H and O–H groups in total. The molecule has 0 aliphatic carbocycles. The molecule has 2 amide bonds. The van der Waals surface area contributed by atoms with E-state index >= 15 is 0 Å². The van der Waals surface area contributed by atoms with E-state index in [2.05, 4.69) is 26.6 Å². The van der Waals surface area contributed by atoms with Crippen LogP contribution in [0.2, 0.25) is 0 Å². The van der Waals surface area contributed by atoms with E-state index in [4.69, 9.17) is 5.11 Å². The summed E-state index contributed by atoms with van der Waals surface area (Å²) in [5.74, 6) is -1.30. The minimum Gasteiger partial charge on any atom is -0.481 e. The van der Waals surface area contributed by atoms with E-state index in [-0.39, 0.29) is 6.42 Å². The first-order valence-electron chi connectivity index (χ1n) is 6.12. The van der Waals surface area contributed by atoms with Crippen LogP contribution in [0, 0.1) is 12.7 Å². The van der Waals surface area contributed by atoms with Crippen LogP contribution in [-0.2, 0) is 4.79 Å². The number of carboxylic acids is 1. The third-order valence-corrected chi connectivity index (χ3v) is 3.23. The van der Waals surface area contributed by atoms with Gasteiger partial charge in [0.15, 0.2) is 0 Å². The maximum Gasteiger partial charge on any atom is 0.319 e. The summed E-state index contributed by atoms with van der Waals surface area (Å²) in [6.45, 7) is 2.13. The van der Waals surface area contributed by atoms with Crippen molar-refractivity contribution < 1.29 is 19.1 Å². The minimum absolute atomic E-state index is 0.0837. The zero-order valence-corrected chi connectivity index (χ0v) is 12.6. The molecule has 0 heterocycles. The Hall–Kier alpha value is -1.63. The molecule has 0 atom stereocenters. The molecular weight excluding hydrogens is 331 g/mol. The average Bonchev–Trinajstić information content (AvgIpc) is 2.35. The molecule has 20 heavy (non-hydrogen) atoms. The molecule has 0 aliphatic rings. The van der Waals surface area contributed by atoms with Crippen molar-refractivity contribution in [3.8, 4) is 0 Å². The summed E-state index contributed by atoms with van der Waals surface area (Å²) in [7, 11) is 0. The normalized spacial score (nSPS) is 10.2. The van der Waals surface area contributed by atoms with E-state index in [1.807, 2.05) is 0 Å². The molecule has 0 unspecified atom stereocenters. The Morgan fingerprint density at radius 2 is 2.05 bits per heavy atom. The van der Waals surface area contributed by atoms with Crippen molar-refractivity contribution in [1.82, 2.24) is 5.32 Å². The number of anilines is 1. The first-order valence-corrected chi connectivity index (χ1v) is 6.91. The van der Waals surface area contributed by atoms with Gasteiger partial charge in [0, 0.05) is 18.7 Å². The number of carbonyl (C=O) groups excluding carboxylic acids is 1. The number of urea groups is 1. The Labute approximate surface area is 124 Å². The van der Waals surface area contributed by atoms with Gasteiger partial charge in [0.05, 0.1) is 4.47 Å². The lowest BCUT2D eigenvalue weighted by Crippen LogP contribution is -2.29. The number of hydrogen-bond donors (Lipinski definition) is 3. The lowest BCUT2D eigenvalue weighted by atomic mass is 10.2. The zero-order chi connectivity index (χ0) is 15.1. The number of nitrogens with one attached hydrogen (secondary N) is 2. The predicted molar refractivity (Wildman–Crippen MR) is 77.3 cm³/mol. The Morgan fingerprint density at radius 1 is 1.35 bits per heavy atom. The zero-order valence-electron chi connectivity index (χ0n) is 11.0. The fraction of sp³-hybridized carbons (Fsp3) is 0.385. The molecule has 1 rings (SSSR count). The third-order valence-electron chi connectivity index (χ3n) is 2.62. The largest absolute Gasteiger partial charge is 0.481 e. The summed E-state index contributed by atoms with van der Waals surface area (Å²) < 4.78 is 13.7. The number of benzene rings is 1. The van der Waals surface area contributed by atoms with Crippen molar-refractivity contribution in [1.29, 1.82) is 0 Å². The van der Waals surface area contributed by atoms with E-state index in [1.165, 1.54) is 6.07 Å². The average molecular weight is 347 g/mol. The summed E-state index contributed by atoms with van der Waals surface area (Å²) in [6.07, 6.45) is 1.16. The van der Waals surface area contributed by atoms with Gasteiger partial charge >= 0.3 is 12.0 Å². The summed E-state index contributed by atoms with van der Waals surface area (Å²) in [5, 5.41) is 13.6. The van der Waals surface area contributed by atoms with Crippen molar-refractivity contribution in [2.45, 2.75) is 26.2 Å². The van der Waals surface area contributed by atoms with Gasteiger partial charge in [-0.3, -0.25) is 4.79 Å². The molecule has 0 saturated heterocycles. The van der Waals surface area contributed by atoms with Gasteiger partial charge < -0.3 is 15.7 Å². The van der Waals surface area contributed by atoms with Gasteiger partial charge in [-0.05, 0) is 53.4 Å². The second kappa shape index (κ2) is 7.84. The summed E-state index contributed by atoms with van der Waals surface area (Å²) in [6, 6.07) is 2.38. The molecule has 0 aromatic heterocycles. The smallest absolute Gasteiger partial charge is 0.319 e. The van der Waals surface area contributed by atoms with Gasteiger partial charge in [0.1, 0.15) is 5.82 Å². The molecular formula is C13H16BrFN2O3. The standard InChI is InChI=1S/C13H16BrFN2O3/c1-8-6-9(14)10(15)7-11(8)17-13(20)16-5-3-2-4-12(18)19/h6-7H,2-5H2,1H3,(H,18,19)(H2,16,17,20). The summed E-state index contributed by atoms with van der Waals surface area (Å²) in [5.41, 5.74) is 1.13. The monoisotopic (exact) mass is 346 g/mol. The van der Waals surface area contributed by atoms with Gasteiger partial charge in [0.2, 0.25) is 0 Å². The van der Waals surface area contributed by atoms with Gasteiger partial charge in [-0.2, -0.15) is 0 Å². The van der Waals surface area contributed by atoms with Crippen LogP contribution in [0.5, 0.6) is 0 Å². The Morgan fingerprint density at radius 3 is 2.70 bits per heavy atom. The number of halogens is 2. The van der Waals surface area contributed by atoms with Crippen LogP contribution >= 0.6 is 15.9 Å². The van der Waals surface area contributed by atoms with E-state index in [0.29, 0.717) is 29.5 Å². The molecule has 0 spiro atoms. The van der Waals surface area contributed by atoms with Crippen LogP contribution in [0.15, 0.2) is 16.6 Å². The lowest BCUT2D eigenvalue weighted by molar-refractivity contribution is -0.137. The molecule has 0 radical (unpaired) electrons. The molecule has 110 valence electrons. The fourth-order valence-corrected chi connectivity index (χ4v) is 2.01. The molecule has 1 aromatic carbocycles. The van der Waals surface area contributed by atoms with E-state index < -0.39 is 17.8 Å². The van der Waals surface area contributed by atoms with Crippen molar-refractivity contribution in [2.24, 2.45) is 0 Å². The van der Waals surface area contributed by atoms with Crippen LogP contribution in [-0.4, -0.2) is 23.7 Å². The van der Waals surface area contributed by atoms with Crippen molar-refractivity contribution in [3.05, 3.63) is 28.0 Å². The fourth-order valence-electron chi connectivity index (χ4n) is 1.55. The molecule has 0 aliphatic heterocycles. The van der Waals surface area contributed by atoms with Gasteiger partial charge in [0.25, 0.3) is 0 Å². The highest BCUT2D eigenvalue weighted by Crippen LogP contribution is 2.23. The molecule has 7 heteroatoms. The maximum absolute atomic E-state index is 13.4. The molecule has 5 nitrogen and oxygen atoms in total. The predicted octanol–water partition coefficient (Wildman–Crippen LogP) is 3.27. The van der Waals surface area contributed by atoms with Crippen LogP contribution in [0.1, 0.15) is 24.8 Å². The number of rotatable bonds is 6. The van der Waals surface area contributed by atoms with Gasteiger partial charge in [-0.25, -0.2) is 9.18 Å². The number of aryl methyl sites for hydroxylation is 1. The molecule has 0 fully saturated rings. The highest BCUT2D eigenvalue weighted by atomic mass is 79.9. The third kappa shape index (κ3) is 5.56. The number of hydrogen-bond acceptors (Lipinski definition) is 2. The van der Waals surface area contributed by atoms with Crippen LogP contribution in [0.3, 0.4) is 0 Å². The Kier molecular flexibility index (Phi) is 6.44. The van der Waals surface area contributed by atoms with E-state index in [0.717, 1.165) is 5.56 Å². The summed E-state index contributed by atoms with van der Waals surface area (Å²) in [4.78, 5) is 21.9.